The van der Waals surface area contributed by atoms with E-state index in [-0.39, 0.29) is 23.6 Å². The van der Waals surface area contributed by atoms with E-state index in [1.165, 1.54) is 10.6 Å². The Kier molecular flexibility index (Phi) is 5.77. The van der Waals surface area contributed by atoms with Crippen molar-refractivity contribution in [2.24, 2.45) is 0 Å². The number of pyridine rings is 1. The Labute approximate surface area is 138 Å². The molecule has 1 aromatic heterocycles. The van der Waals surface area contributed by atoms with Gasteiger partial charge in [-0.3, -0.25) is 14.5 Å². The lowest BCUT2D eigenvalue weighted by molar-refractivity contribution is -0.122. The molecule has 2 heterocycles. The van der Waals surface area contributed by atoms with Gasteiger partial charge in [-0.15, -0.1) is 0 Å². The number of rotatable bonds is 5. The van der Waals surface area contributed by atoms with Crippen LogP contribution in [0.25, 0.3) is 0 Å². The zero-order valence-electron chi connectivity index (χ0n) is 13.0. The third-order valence-electron chi connectivity index (χ3n) is 3.85. The molecule has 0 aliphatic carbocycles. The highest BCUT2D eigenvalue weighted by molar-refractivity contribution is 9.10. The highest BCUT2D eigenvalue weighted by Crippen LogP contribution is 2.15. The van der Waals surface area contributed by atoms with Crippen LogP contribution in [0.3, 0.4) is 0 Å². The zero-order valence-corrected chi connectivity index (χ0v) is 14.6. The van der Waals surface area contributed by atoms with Crippen LogP contribution in [0, 0.1) is 0 Å². The van der Waals surface area contributed by atoms with E-state index in [9.17, 15) is 9.59 Å². The van der Waals surface area contributed by atoms with Gasteiger partial charge in [0.1, 0.15) is 6.54 Å². The Morgan fingerprint density at radius 1 is 1.36 bits per heavy atom. The largest absolute Gasteiger partial charge is 0.379 e. The number of halogens is 1. The van der Waals surface area contributed by atoms with Crippen LogP contribution in [0.4, 0.5) is 0 Å². The van der Waals surface area contributed by atoms with Crippen LogP contribution in [0.1, 0.15) is 13.8 Å². The van der Waals surface area contributed by atoms with Gasteiger partial charge in [0.2, 0.25) is 5.91 Å². The minimum Gasteiger partial charge on any atom is -0.379 e. The van der Waals surface area contributed by atoms with E-state index in [2.05, 4.69) is 40.0 Å². The Balaban J connectivity index is 1.89. The van der Waals surface area contributed by atoms with Crippen molar-refractivity contribution in [3.05, 3.63) is 33.2 Å². The molecule has 1 saturated heterocycles. The molecular weight excluding hydrogens is 350 g/mol. The van der Waals surface area contributed by atoms with E-state index >= 15 is 0 Å². The van der Waals surface area contributed by atoms with Crippen molar-refractivity contribution >= 4 is 21.8 Å². The summed E-state index contributed by atoms with van der Waals surface area (Å²) in [6, 6.07) is 3.10. The van der Waals surface area contributed by atoms with Crippen molar-refractivity contribution in [3.63, 3.8) is 0 Å². The molecule has 1 aromatic rings. The van der Waals surface area contributed by atoms with E-state index in [0.29, 0.717) is 6.54 Å². The summed E-state index contributed by atoms with van der Waals surface area (Å²) in [6.07, 6.45) is 1.62. The lowest BCUT2D eigenvalue weighted by Crippen LogP contribution is -2.55. The number of morpholine rings is 1. The molecule has 1 N–H and O–H groups in total. The fourth-order valence-electron chi connectivity index (χ4n) is 2.43. The van der Waals surface area contributed by atoms with Crippen LogP contribution in [0.5, 0.6) is 0 Å². The highest BCUT2D eigenvalue weighted by Gasteiger charge is 2.28. The molecule has 1 amide bonds. The summed E-state index contributed by atoms with van der Waals surface area (Å²) in [4.78, 5) is 26.1. The summed E-state index contributed by atoms with van der Waals surface area (Å²) in [5.74, 6) is -0.165. The van der Waals surface area contributed by atoms with Gasteiger partial charge in [0.15, 0.2) is 0 Å². The maximum absolute atomic E-state index is 12.1. The molecular formula is C15H22BrN3O3. The van der Waals surface area contributed by atoms with Gasteiger partial charge < -0.3 is 14.6 Å². The molecule has 7 heteroatoms. The van der Waals surface area contributed by atoms with E-state index in [1.807, 2.05) is 0 Å². The Morgan fingerprint density at radius 3 is 2.73 bits per heavy atom. The van der Waals surface area contributed by atoms with Crippen LogP contribution >= 0.6 is 15.9 Å². The summed E-state index contributed by atoms with van der Waals surface area (Å²) in [7, 11) is 0. The molecule has 1 aliphatic rings. The van der Waals surface area contributed by atoms with Crippen LogP contribution in [-0.2, 0) is 16.1 Å². The first-order valence-corrected chi connectivity index (χ1v) is 8.13. The molecule has 0 unspecified atom stereocenters. The van der Waals surface area contributed by atoms with Crippen molar-refractivity contribution < 1.29 is 9.53 Å². The first-order valence-electron chi connectivity index (χ1n) is 7.34. The van der Waals surface area contributed by atoms with Crippen molar-refractivity contribution in [1.29, 1.82) is 0 Å². The summed E-state index contributed by atoms with van der Waals surface area (Å²) in [5, 5.41) is 2.92. The standard InChI is InChI=1S/C15H22BrN3O3/c1-15(2,19-5-7-22-8-6-19)11-17-13(20)10-18-9-12(16)3-4-14(18)21/h3-4,9H,5-8,10-11H2,1-2H3,(H,17,20). The van der Waals surface area contributed by atoms with Gasteiger partial charge in [-0.1, -0.05) is 0 Å². The predicted molar refractivity (Wildman–Crippen MR) is 87.9 cm³/mol. The fraction of sp³-hybridized carbons (Fsp3) is 0.600. The molecule has 0 atom stereocenters. The predicted octanol–water partition coefficient (Wildman–Crippen LogP) is 0.838. The molecule has 22 heavy (non-hydrogen) atoms. The molecule has 2 rings (SSSR count). The average Bonchev–Trinajstić information content (AvgIpc) is 2.50. The number of hydrogen-bond donors (Lipinski definition) is 1. The van der Waals surface area contributed by atoms with Gasteiger partial charge in [0, 0.05) is 41.9 Å². The number of carbonyl (C=O) groups excluding carboxylic acids is 1. The number of nitrogens with one attached hydrogen (secondary N) is 1. The fourth-order valence-corrected chi connectivity index (χ4v) is 2.81. The van der Waals surface area contributed by atoms with Gasteiger partial charge in [0.05, 0.1) is 13.2 Å². The maximum Gasteiger partial charge on any atom is 0.251 e. The third-order valence-corrected chi connectivity index (χ3v) is 4.32. The number of ether oxygens (including phenoxy) is 1. The molecule has 122 valence electrons. The maximum atomic E-state index is 12.1. The van der Waals surface area contributed by atoms with E-state index < -0.39 is 0 Å². The molecule has 1 aliphatic heterocycles. The second kappa shape index (κ2) is 7.39. The van der Waals surface area contributed by atoms with Crippen molar-refractivity contribution in [1.82, 2.24) is 14.8 Å². The Bertz CT molecular complexity index is 580. The molecule has 0 spiro atoms. The summed E-state index contributed by atoms with van der Waals surface area (Å²) >= 11 is 3.30. The van der Waals surface area contributed by atoms with Gasteiger partial charge in [0.25, 0.3) is 5.56 Å². The van der Waals surface area contributed by atoms with Crippen LogP contribution in [-0.4, -0.2) is 53.8 Å². The first-order chi connectivity index (χ1) is 10.4. The molecule has 0 bridgehead atoms. The van der Waals surface area contributed by atoms with Crippen molar-refractivity contribution in [2.45, 2.75) is 25.9 Å². The molecule has 0 aromatic carbocycles. The minimum absolute atomic E-state index is 0.0253. The first kappa shape index (κ1) is 17.2. The van der Waals surface area contributed by atoms with Gasteiger partial charge in [-0.25, -0.2) is 0 Å². The number of aromatic nitrogens is 1. The van der Waals surface area contributed by atoms with Gasteiger partial charge >= 0.3 is 0 Å². The number of nitrogens with zero attached hydrogens (tertiary/aromatic N) is 2. The topological polar surface area (TPSA) is 63.6 Å². The summed E-state index contributed by atoms with van der Waals surface area (Å²) in [5.41, 5.74) is -0.326. The molecule has 6 nitrogen and oxygen atoms in total. The molecule has 1 fully saturated rings. The Hall–Kier alpha value is -1.18. The Morgan fingerprint density at radius 2 is 2.05 bits per heavy atom. The van der Waals surface area contributed by atoms with Gasteiger partial charge in [-0.05, 0) is 35.8 Å². The average molecular weight is 372 g/mol. The summed E-state index contributed by atoms with van der Waals surface area (Å²) < 4.78 is 7.51. The van der Waals surface area contributed by atoms with Crippen molar-refractivity contribution in [2.75, 3.05) is 32.8 Å². The van der Waals surface area contributed by atoms with Gasteiger partial charge in [-0.2, -0.15) is 0 Å². The van der Waals surface area contributed by atoms with Crippen LogP contribution < -0.4 is 10.9 Å². The van der Waals surface area contributed by atoms with E-state index in [1.54, 1.807) is 12.3 Å². The lowest BCUT2D eigenvalue weighted by Gasteiger charge is -2.40. The van der Waals surface area contributed by atoms with E-state index in [0.717, 1.165) is 30.8 Å². The second-order valence-corrected chi connectivity index (χ2v) is 6.92. The molecule has 0 saturated carbocycles. The zero-order chi connectivity index (χ0) is 16.2. The monoisotopic (exact) mass is 371 g/mol. The third kappa shape index (κ3) is 4.66. The normalized spacial score (nSPS) is 16.5. The van der Waals surface area contributed by atoms with E-state index in [4.69, 9.17) is 4.74 Å². The smallest absolute Gasteiger partial charge is 0.251 e. The van der Waals surface area contributed by atoms with Crippen molar-refractivity contribution in [3.8, 4) is 0 Å². The number of amides is 1. The number of carbonyl (C=O) groups is 1. The number of hydrogen-bond acceptors (Lipinski definition) is 4. The quantitative estimate of drug-likeness (QED) is 0.832. The SMILES string of the molecule is CC(C)(CNC(=O)Cn1cc(Br)ccc1=O)N1CCOCC1. The van der Waals surface area contributed by atoms with Crippen LogP contribution in [0.15, 0.2) is 27.6 Å². The van der Waals surface area contributed by atoms with Crippen LogP contribution in [0.2, 0.25) is 0 Å². The highest BCUT2D eigenvalue weighted by atomic mass is 79.9. The minimum atomic E-state index is -0.189. The molecule has 0 radical (unpaired) electrons. The second-order valence-electron chi connectivity index (χ2n) is 6.00. The lowest BCUT2D eigenvalue weighted by atomic mass is 10.0. The summed E-state index contributed by atoms with van der Waals surface area (Å²) in [6.45, 7) is 7.96.